The third-order valence-electron chi connectivity index (χ3n) is 1.81. The second kappa shape index (κ2) is 6.03. The summed E-state index contributed by atoms with van der Waals surface area (Å²) in [6.45, 7) is 2.10. The molecule has 2 nitrogen and oxygen atoms in total. The van der Waals surface area contributed by atoms with Gasteiger partial charge in [-0.2, -0.15) is 0 Å². The van der Waals surface area contributed by atoms with Gasteiger partial charge in [0.2, 0.25) is 0 Å². The highest BCUT2D eigenvalue weighted by Gasteiger charge is 2.12. The molecule has 0 aliphatic carbocycles. The molecule has 0 saturated heterocycles. The zero-order valence-corrected chi connectivity index (χ0v) is 10.3. The van der Waals surface area contributed by atoms with E-state index in [9.17, 15) is 4.79 Å². The van der Waals surface area contributed by atoms with Crippen LogP contribution in [0.2, 0.25) is 5.02 Å². The molecule has 0 atom stereocenters. The van der Waals surface area contributed by atoms with Gasteiger partial charge in [0, 0.05) is 9.92 Å². The van der Waals surface area contributed by atoms with Crippen molar-refractivity contribution in [1.82, 2.24) is 0 Å². The summed E-state index contributed by atoms with van der Waals surface area (Å²) in [5.74, 6) is 0.641. The van der Waals surface area contributed by atoms with E-state index >= 15 is 0 Å². The van der Waals surface area contributed by atoms with Crippen LogP contribution in [0.3, 0.4) is 0 Å². The van der Waals surface area contributed by atoms with Crippen LogP contribution in [-0.2, 0) is 4.74 Å². The highest BCUT2D eigenvalue weighted by atomic mass is 35.5. The van der Waals surface area contributed by atoms with Crippen molar-refractivity contribution in [3.05, 3.63) is 28.8 Å². The first-order chi connectivity index (χ1) is 7.19. The monoisotopic (exact) mass is 244 g/mol. The van der Waals surface area contributed by atoms with Crippen molar-refractivity contribution in [2.75, 3.05) is 12.9 Å². The molecular weight excluding hydrogens is 232 g/mol. The van der Waals surface area contributed by atoms with Gasteiger partial charge >= 0.3 is 5.97 Å². The number of rotatable bonds is 4. The number of carbonyl (C=O) groups is 1. The Bertz CT molecular complexity index is 352. The summed E-state index contributed by atoms with van der Waals surface area (Å²) in [5, 5.41) is 0.552. The third kappa shape index (κ3) is 3.43. The number of hydrogen-bond donors (Lipinski definition) is 0. The average Bonchev–Trinajstić information content (AvgIpc) is 2.26. The Kier molecular flexibility index (Phi) is 4.99. The lowest BCUT2D eigenvalue weighted by Crippen LogP contribution is -2.03. The van der Waals surface area contributed by atoms with Crippen LogP contribution in [0.5, 0.6) is 0 Å². The van der Waals surface area contributed by atoms with Gasteiger partial charge in [0.25, 0.3) is 0 Å². The van der Waals surface area contributed by atoms with Gasteiger partial charge in [0.15, 0.2) is 0 Å². The van der Waals surface area contributed by atoms with E-state index in [2.05, 4.69) is 6.92 Å². The van der Waals surface area contributed by atoms with Gasteiger partial charge in [0.05, 0.1) is 12.7 Å². The molecule has 4 heteroatoms. The van der Waals surface area contributed by atoms with E-state index in [1.165, 1.54) is 7.11 Å². The molecular formula is C11H13ClO2S. The highest BCUT2D eigenvalue weighted by molar-refractivity contribution is 7.99. The molecule has 1 rings (SSSR count). The Labute approximate surface area is 99.0 Å². The summed E-state index contributed by atoms with van der Waals surface area (Å²) in [6, 6.07) is 5.28. The number of benzene rings is 1. The Hall–Kier alpha value is -0.670. The van der Waals surface area contributed by atoms with Crippen molar-refractivity contribution in [2.45, 2.75) is 18.2 Å². The fourth-order valence-electron chi connectivity index (χ4n) is 1.11. The fourth-order valence-corrected chi connectivity index (χ4v) is 2.17. The normalized spacial score (nSPS) is 10.1. The number of ether oxygens (including phenoxy) is 1. The molecule has 0 aromatic heterocycles. The van der Waals surface area contributed by atoms with Crippen molar-refractivity contribution < 1.29 is 9.53 Å². The molecule has 0 amide bonds. The van der Waals surface area contributed by atoms with Gasteiger partial charge in [-0.15, -0.1) is 11.8 Å². The average molecular weight is 245 g/mol. The van der Waals surface area contributed by atoms with E-state index in [4.69, 9.17) is 16.3 Å². The highest BCUT2D eigenvalue weighted by Crippen LogP contribution is 2.26. The number of methoxy groups -OCH3 is 1. The predicted molar refractivity (Wildman–Crippen MR) is 63.8 cm³/mol. The van der Waals surface area contributed by atoms with E-state index in [0.717, 1.165) is 17.1 Å². The molecule has 0 bridgehead atoms. The van der Waals surface area contributed by atoms with Crippen molar-refractivity contribution >= 4 is 29.3 Å². The van der Waals surface area contributed by atoms with Crippen LogP contribution in [0.1, 0.15) is 23.7 Å². The quantitative estimate of drug-likeness (QED) is 0.598. The van der Waals surface area contributed by atoms with Gasteiger partial charge < -0.3 is 4.74 Å². The van der Waals surface area contributed by atoms with Gasteiger partial charge in [-0.05, 0) is 30.4 Å². The van der Waals surface area contributed by atoms with Crippen LogP contribution in [-0.4, -0.2) is 18.8 Å². The summed E-state index contributed by atoms with van der Waals surface area (Å²) in [6.07, 6.45) is 1.06. The van der Waals surface area contributed by atoms with Gasteiger partial charge in [-0.3, -0.25) is 0 Å². The summed E-state index contributed by atoms with van der Waals surface area (Å²) >= 11 is 7.47. The van der Waals surface area contributed by atoms with Crippen molar-refractivity contribution in [3.8, 4) is 0 Å². The predicted octanol–water partition coefficient (Wildman–Crippen LogP) is 3.63. The van der Waals surface area contributed by atoms with Crippen molar-refractivity contribution in [3.63, 3.8) is 0 Å². The van der Waals surface area contributed by atoms with Crippen LogP contribution in [0.25, 0.3) is 0 Å². The molecule has 0 heterocycles. The van der Waals surface area contributed by atoms with Gasteiger partial charge in [0.1, 0.15) is 0 Å². The molecule has 0 aliphatic heterocycles. The summed E-state index contributed by atoms with van der Waals surface area (Å²) in [5.41, 5.74) is 0.545. The second-order valence-corrected chi connectivity index (χ2v) is 4.55. The molecule has 0 unspecified atom stereocenters. The van der Waals surface area contributed by atoms with Crippen LogP contribution in [0.15, 0.2) is 23.1 Å². The fraction of sp³-hybridized carbons (Fsp3) is 0.364. The molecule has 82 valence electrons. The third-order valence-corrected chi connectivity index (χ3v) is 3.32. The Balaban J connectivity index is 2.97. The molecule has 1 aromatic carbocycles. The molecule has 0 N–H and O–H groups in total. The van der Waals surface area contributed by atoms with Crippen molar-refractivity contribution in [2.24, 2.45) is 0 Å². The number of thioether (sulfide) groups is 1. The minimum atomic E-state index is -0.337. The lowest BCUT2D eigenvalue weighted by atomic mass is 10.2. The van der Waals surface area contributed by atoms with Crippen LogP contribution in [0, 0.1) is 0 Å². The van der Waals surface area contributed by atoms with E-state index in [1.54, 1.807) is 23.9 Å². The van der Waals surface area contributed by atoms with Crippen LogP contribution >= 0.6 is 23.4 Å². The van der Waals surface area contributed by atoms with Crippen LogP contribution in [0.4, 0.5) is 0 Å². The first-order valence-electron chi connectivity index (χ1n) is 4.69. The SMILES string of the molecule is CCCSc1ccc(Cl)cc1C(=O)OC. The smallest absolute Gasteiger partial charge is 0.339 e. The first kappa shape index (κ1) is 12.4. The zero-order chi connectivity index (χ0) is 11.3. The van der Waals surface area contributed by atoms with E-state index in [0.29, 0.717) is 10.6 Å². The summed E-state index contributed by atoms with van der Waals surface area (Å²) in [4.78, 5) is 12.4. The lowest BCUT2D eigenvalue weighted by Gasteiger charge is -2.07. The molecule has 0 saturated carbocycles. The lowest BCUT2D eigenvalue weighted by molar-refractivity contribution is 0.0597. The maximum atomic E-state index is 11.5. The summed E-state index contributed by atoms with van der Waals surface area (Å²) < 4.78 is 4.70. The van der Waals surface area contributed by atoms with E-state index in [1.807, 2.05) is 6.07 Å². The molecule has 0 spiro atoms. The second-order valence-electron chi connectivity index (χ2n) is 2.98. The van der Waals surface area contributed by atoms with Gasteiger partial charge in [-0.1, -0.05) is 18.5 Å². The molecule has 15 heavy (non-hydrogen) atoms. The minimum absolute atomic E-state index is 0.337. The number of halogens is 1. The molecule has 0 aliphatic rings. The zero-order valence-electron chi connectivity index (χ0n) is 8.75. The van der Waals surface area contributed by atoms with E-state index in [-0.39, 0.29) is 5.97 Å². The Morgan fingerprint density at radius 1 is 1.53 bits per heavy atom. The molecule has 0 fully saturated rings. The Morgan fingerprint density at radius 3 is 2.87 bits per heavy atom. The number of carbonyl (C=O) groups excluding carboxylic acids is 1. The first-order valence-corrected chi connectivity index (χ1v) is 6.06. The Morgan fingerprint density at radius 2 is 2.27 bits per heavy atom. The molecule has 0 radical (unpaired) electrons. The van der Waals surface area contributed by atoms with Crippen molar-refractivity contribution in [1.29, 1.82) is 0 Å². The van der Waals surface area contributed by atoms with E-state index < -0.39 is 0 Å². The molecule has 1 aromatic rings. The summed E-state index contributed by atoms with van der Waals surface area (Å²) in [7, 11) is 1.37. The topological polar surface area (TPSA) is 26.3 Å². The number of hydrogen-bond acceptors (Lipinski definition) is 3. The largest absolute Gasteiger partial charge is 0.465 e. The van der Waals surface area contributed by atoms with Crippen LogP contribution < -0.4 is 0 Å². The maximum absolute atomic E-state index is 11.5. The van der Waals surface area contributed by atoms with Gasteiger partial charge in [-0.25, -0.2) is 4.79 Å². The maximum Gasteiger partial charge on any atom is 0.339 e. The minimum Gasteiger partial charge on any atom is -0.465 e. The standard InChI is InChI=1S/C11H13ClO2S/c1-3-6-15-10-5-4-8(12)7-9(10)11(13)14-2/h4-5,7H,3,6H2,1-2H3. The number of esters is 1.